The van der Waals surface area contributed by atoms with E-state index in [1.54, 1.807) is 13.1 Å². The number of aryl methyl sites for hydroxylation is 1. The molecule has 0 radical (unpaired) electrons. The van der Waals surface area contributed by atoms with E-state index in [1.807, 2.05) is 19.0 Å². The number of hydrogen-bond acceptors (Lipinski definition) is 6. The van der Waals surface area contributed by atoms with Gasteiger partial charge in [0, 0.05) is 26.6 Å². The van der Waals surface area contributed by atoms with Crippen LogP contribution in [0.1, 0.15) is 36.4 Å². The average molecular weight is 545 g/mol. The Morgan fingerprint density at radius 2 is 1.85 bits per heavy atom. The summed E-state index contributed by atoms with van der Waals surface area (Å²) in [5, 5.41) is 15.5. The molecule has 1 aliphatic rings. The van der Waals surface area contributed by atoms with Gasteiger partial charge in [0.2, 0.25) is 5.91 Å². The maximum absolute atomic E-state index is 13.7. The third kappa shape index (κ3) is 6.49. The fourth-order valence-electron chi connectivity index (χ4n) is 4.69. The number of halogens is 3. The smallest absolute Gasteiger partial charge is 0.388 e. The Balaban J connectivity index is 1.44. The normalized spacial score (nSPS) is 16.3. The molecule has 0 spiro atoms. The van der Waals surface area contributed by atoms with Gasteiger partial charge in [-0.1, -0.05) is 36.3 Å². The van der Waals surface area contributed by atoms with Gasteiger partial charge < -0.3 is 10.0 Å². The van der Waals surface area contributed by atoms with Crippen molar-refractivity contribution in [1.82, 2.24) is 29.1 Å². The lowest BCUT2D eigenvalue weighted by atomic mass is 9.90. The van der Waals surface area contributed by atoms with Crippen LogP contribution in [0.25, 0.3) is 11.0 Å². The lowest BCUT2D eigenvalue weighted by molar-refractivity contribution is -0.162. The van der Waals surface area contributed by atoms with E-state index in [9.17, 15) is 27.9 Å². The molecule has 0 aliphatic carbocycles. The molecule has 9 nitrogen and oxygen atoms in total. The van der Waals surface area contributed by atoms with E-state index in [-0.39, 0.29) is 43.6 Å². The Hall–Kier alpha value is -3.69. The second-order valence-corrected chi connectivity index (χ2v) is 10.2. The molecule has 12 heteroatoms. The molecule has 1 aliphatic heterocycles. The second-order valence-electron chi connectivity index (χ2n) is 10.2. The molecule has 39 heavy (non-hydrogen) atoms. The Bertz CT molecular complexity index is 1440. The van der Waals surface area contributed by atoms with Crippen molar-refractivity contribution in [1.29, 1.82) is 0 Å². The summed E-state index contributed by atoms with van der Waals surface area (Å²) in [4.78, 5) is 33.5. The minimum atomic E-state index is -4.57. The summed E-state index contributed by atoms with van der Waals surface area (Å²) in [6.45, 7) is 0.603. The molecule has 1 saturated heterocycles. The van der Waals surface area contributed by atoms with Crippen molar-refractivity contribution < 1.29 is 23.1 Å². The van der Waals surface area contributed by atoms with Crippen molar-refractivity contribution in [3.8, 4) is 11.8 Å². The highest BCUT2D eigenvalue weighted by molar-refractivity contribution is 5.79. The van der Waals surface area contributed by atoms with Crippen LogP contribution in [0.3, 0.4) is 0 Å². The van der Waals surface area contributed by atoms with E-state index in [4.69, 9.17) is 0 Å². The predicted molar refractivity (Wildman–Crippen MR) is 139 cm³/mol. The van der Waals surface area contributed by atoms with Gasteiger partial charge in [-0.3, -0.25) is 23.7 Å². The molecule has 1 fully saturated rings. The summed E-state index contributed by atoms with van der Waals surface area (Å²) in [5.41, 5.74) is -0.717. The number of rotatable bonds is 6. The number of benzene rings is 1. The number of aromatic nitrogens is 4. The number of nitrogens with zero attached hydrogens (tertiary/aromatic N) is 6. The molecule has 3 heterocycles. The van der Waals surface area contributed by atoms with Gasteiger partial charge in [-0.2, -0.15) is 18.3 Å². The molecule has 1 atom stereocenters. The zero-order valence-electron chi connectivity index (χ0n) is 22.1. The Morgan fingerprint density at radius 3 is 2.46 bits per heavy atom. The largest absolute Gasteiger partial charge is 0.396 e. The van der Waals surface area contributed by atoms with Crippen molar-refractivity contribution >= 4 is 16.9 Å². The molecule has 3 aromatic rings. The molecular formula is C27H31F3N6O3. The molecular weight excluding hydrogens is 513 g/mol. The molecule has 1 aromatic carbocycles. The number of alkyl halides is 3. The first kappa shape index (κ1) is 28.3. The fourth-order valence-corrected chi connectivity index (χ4v) is 4.69. The van der Waals surface area contributed by atoms with Crippen molar-refractivity contribution in [3.63, 3.8) is 0 Å². The van der Waals surface area contributed by atoms with Gasteiger partial charge in [0.1, 0.15) is 11.2 Å². The van der Waals surface area contributed by atoms with Crippen LogP contribution in [0, 0.1) is 11.8 Å². The van der Waals surface area contributed by atoms with Crippen LogP contribution in [0.5, 0.6) is 0 Å². The molecule has 208 valence electrons. The molecule has 4 rings (SSSR count). The molecule has 1 N–H and O–H groups in total. The summed E-state index contributed by atoms with van der Waals surface area (Å²) in [7, 11) is 5.45. The van der Waals surface area contributed by atoms with Crippen LogP contribution in [0.15, 0.2) is 41.5 Å². The van der Waals surface area contributed by atoms with Crippen molar-refractivity contribution in [2.45, 2.75) is 43.5 Å². The minimum absolute atomic E-state index is 0.0375. The second kappa shape index (κ2) is 11.2. The predicted octanol–water partition coefficient (Wildman–Crippen LogP) is 2.13. The van der Waals surface area contributed by atoms with Gasteiger partial charge >= 0.3 is 6.18 Å². The SMILES string of the molecule is CN(C)CC#Cc1c2ncn(CC3(O)CCN(C(=O)C[C@H](c4ccccc4)C(F)(F)F)CC3)c(=O)c2nn1C. The van der Waals surface area contributed by atoms with Crippen LogP contribution in [0.4, 0.5) is 13.2 Å². The first-order chi connectivity index (χ1) is 18.4. The maximum atomic E-state index is 13.7. The Kier molecular flexibility index (Phi) is 8.13. The molecule has 1 amide bonds. The van der Waals surface area contributed by atoms with Crippen LogP contribution >= 0.6 is 0 Å². The molecule has 2 aromatic heterocycles. The number of piperidine rings is 1. The number of hydrogen-bond donors (Lipinski definition) is 1. The number of likely N-dealkylation sites (tertiary alicyclic amines) is 1. The third-order valence-electron chi connectivity index (χ3n) is 6.90. The first-order valence-electron chi connectivity index (χ1n) is 12.6. The van der Waals surface area contributed by atoms with Gasteiger partial charge in [0.15, 0.2) is 5.52 Å². The monoisotopic (exact) mass is 544 g/mol. The van der Waals surface area contributed by atoms with E-state index in [2.05, 4.69) is 21.9 Å². The van der Waals surface area contributed by atoms with Crippen molar-refractivity contribution in [2.75, 3.05) is 33.7 Å². The zero-order valence-corrected chi connectivity index (χ0v) is 22.1. The number of amides is 1. The van der Waals surface area contributed by atoms with E-state index < -0.39 is 35.6 Å². The summed E-state index contributed by atoms with van der Waals surface area (Å²) in [5.74, 6) is 3.46. The van der Waals surface area contributed by atoms with E-state index >= 15 is 0 Å². The first-order valence-corrected chi connectivity index (χ1v) is 12.6. The number of carbonyl (C=O) groups excluding carboxylic acids is 1. The molecule has 0 unspecified atom stereocenters. The summed E-state index contributed by atoms with van der Waals surface area (Å²) in [6, 6.07) is 7.38. The van der Waals surface area contributed by atoms with Gasteiger partial charge in [-0.15, -0.1) is 0 Å². The van der Waals surface area contributed by atoms with Crippen LogP contribution < -0.4 is 5.56 Å². The van der Waals surface area contributed by atoms with Gasteiger partial charge in [0.05, 0.1) is 30.9 Å². The van der Waals surface area contributed by atoms with Gasteiger partial charge in [-0.25, -0.2) is 4.98 Å². The highest BCUT2D eigenvalue weighted by atomic mass is 19.4. The Labute approximate surface area is 223 Å². The Morgan fingerprint density at radius 1 is 1.18 bits per heavy atom. The lowest BCUT2D eigenvalue weighted by Gasteiger charge is -2.39. The molecule has 0 bridgehead atoms. The summed E-state index contributed by atoms with van der Waals surface area (Å²) in [6.07, 6.45) is -3.72. The standard InChI is InChI=1S/C27H31F3N6O3/c1-33(2)13-7-10-21-23-24(32-34(21)3)25(38)36(18-31-23)17-26(39)11-14-35(15-12-26)22(37)16-20(27(28,29)30)19-8-5-4-6-9-19/h4-6,8-9,18,20,39H,11-17H2,1-3H3/t20-/m1/s1. The quantitative estimate of drug-likeness (QED) is 0.478. The lowest BCUT2D eigenvalue weighted by Crippen LogP contribution is -2.50. The summed E-state index contributed by atoms with van der Waals surface area (Å²) >= 11 is 0. The van der Waals surface area contributed by atoms with Crippen LogP contribution in [-0.2, 0) is 18.4 Å². The van der Waals surface area contributed by atoms with Crippen LogP contribution in [-0.4, -0.2) is 85.7 Å². The number of aliphatic hydroxyl groups is 1. The maximum Gasteiger partial charge on any atom is 0.396 e. The van der Waals surface area contributed by atoms with Gasteiger partial charge in [-0.05, 0) is 38.4 Å². The highest BCUT2D eigenvalue weighted by Gasteiger charge is 2.43. The number of carbonyl (C=O) groups is 1. The summed E-state index contributed by atoms with van der Waals surface area (Å²) < 4.78 is 43.9. The third-order valence-corrected chi connectivity index (χ3v) is 6.90. The molecule has 0 saturated carbocycles. The van der Waals surface area contributed by atoms with E-state index in [1.165, 1.54) is 44.7 Å². The average Bonchev–Trinajstić information content (AvgIpc) is 3.20. The highest BCUT2D eigenvalue weighted by Crippen LogP contribution is 2.38. The van der Waals surface area contributed by atoms with Crippen molar-refractivity contribution in [3.05, 3.63) is 58.3 Å². The minimum Gasteiger partial charge on any atom is -0.388 e. The van der Waals surface area contributed by atoms with E-state index in [0.717, 1.165) is 0 Å². The van der Waals surface area contributed by atoms with Gasteiger partial charge in [0.25, 0.3) is 5.56 Å². The zero-order chi connectivity index (χ0) is 28.4. The van der Waals surface area contributed by atoms with Crippen molar-refractivity contribution in [2.24, 2.45) is 7.05 Å². The number of fused-ring (bicyclic) bond motifs is 1. The topological polar surface area (TPSA) is 96.5 Å². The van der Waals surface area contributed by atoms with E-state index in [0.29, 0.717) is 17.8 Å². The fraction of sp³-hybridized carbons (Fsp3) is 0.481. The van der Waals surface area contributed by atoms with Crippen LogP contribution in [0.2, 0.25) is 0 Å².